The monoisotopic (exact) mass is 196 g/mol. The van der Waals surface area contributed by atoms with Crippen LogP contribution in [0, 0.1) is 0 Å². The van der Waals surface area contributed by atoms with Gasteiger partial charge in [0.05, 0.1) is 0 Å². The normalized spacial score (nSPS) is 15.5. The highest BCUT2D eigenvalue weighted by molar-refractivity contribution is 7.41. The van der Waals surface area contributed by atoms with Gasteiger partial charge in [0.2, 0.25) is 0 Å². The van der Waals surface area contributed by atoms with Crippen LogP contribution in [0.5, 0.6) is 0 Å². The highest BCUT2D eigenvalue weighted by Gasteiger charge is 2.31. The van der Waals surface area contributed by atoms with Crippen LogP contribution in [-0.4, -0.2) is 18.1 Å². The van der Waals surface area contributed by atoms with Crippen molar-refractivity contribution in [2.24, 2.45) is 0 Å². The van der Waals surface area contributed by atoms with E-state index in [4.69, 9.17) is 14.0 Å². The van der Waals surface area contributed by atoms with Gasteiger partial charge >= 0.3 is 8.60 Å². The fraction of sp³-hybridized carbons (Fsp3) is 1.00. The Morgan fingerprint density at radius 2 is 1.91 bits per heavy atom. The molecule has 1 unspecified atom stereocenters. The van der Waals surface area contributed by atoms with Crippen molar-refractivity contribution in [2.75, 3.05) is 0 Å². The average molecular weight is 196 g/mol. The molecule has 0 aliphatic carbocycles. The molecule has 0 aromatic carbocycles. The van der Waals surface area contributed by atoms with Crippen LogP contribution in [0.15, 0.2) is 0 Å². The lowest BCUT2D eigenvalue weighted by Crippen LogP contribution is -2.33. The van der Waals surface area contributed by atoms with E-state index in [9.17, 15) is 0 Å². The Kier molecular flexibility index (Phi) is 4.74. The van der Waals surface area contributed by atoms with Crippen molar-refractivity contribution < 1.29 is 14.0 Å². The first kappa shape index (κ1) is 11.5. The Bertz CT molecular complexity index is 118. The van der Waals surface area contributed by atoms with Crippen LogP contribution in [0.2, 0.25) is 18.6 Å². The average Bonchev–Trinajstić information content (AvgIpc) is 1.83. The second-order valence-electron chi connectivity index (χ2n) is 3.26. The summed E-state index contributed by atoms with van der Waals surface area (Å²) in [4.78, 5) is 17.3. The summed E-state index contributed by atoms with van der Waals surface area (Å²) < 4.78 is 5.11. The van der Waals surface area contributed by atoms with Gasteiger partial charge in [-0.2, -0.15) is 0 Å². The predicted molar refractivity (Wildman–Crippen MR) is 49.6 cm³/mol. The quantitative estimate of drug-likeness (QED) is 0.535. The zero-order valence-electron chi connectivity index (χ0n) is 7.53. The van der Waals surface area contributed by atoms with Gasteiger partial charge in [-0.3, -0.25) is 0 Å². The maximum absolute atomic E-state index is 8.67. The SMILES string of the molecule is CCC(C)[Si](C)(C)OP(O)O. The Labute approximate surface area is 70.5 Å². The molecule has 0 heterocycles. The van der Waals surface area contributed by atoms with Crippen molar-refractivity contribution in [3.63, 3.8) is 0 Å². The third kappa shape index (κ3) is 4.18. The van der Waals surface area contributed by atoms with Gasteiger partial charge < -0.3 is 14.0 Å². The molecule has 0 spiro atoms. The van der Waals surface area contributed by atoms with Gasteiger partial charge in [-0.05, 0) is 18.6 Å². The topological polar surface area (TPSA) is 49.7 Å². The highest BCUT2D eigenvalue weighted by Crippen LogP contribution is 2.37. The van der Waals surface area contributed by atoms with Gasteiger partial charge in [-0.15, -0.1) is 0 Å². The van der Waals surface area contributed by atoms with E-state index in [0.29, 0.717) is 5.54 Å². The number of rotatable bonds is 4. The van der Waals surface area contributed by atoms with Crippen LogP contribution in [0.25, 0.3) is 0 Å². The van der Waals surface area contributed by atoms with Crippen LogP contribution >= 0.6 is 8.60 Å². The van der Waals surface area contributed by atoms with Crippen LogP contribution < -0.4 is 0 Å². The van der Waals surface area contributed by atoms with Gasteiger partial charge in [0, 0.05) is 0 Å². The second-order valence-corrected chi connectivity index (χ2v) is 8.69. The molecule has 0 amide bonds. The molecule has 0 fully saturated rings. The Balaban J connectivity index is 3.98. The van der Waals surface area contributed by atoms with E-state index in [1.165, 1.54) is 0 Å². The molecule has 0 aliphatic rings. The van der Waals surface area contributed by atoms with Crippen molar-refractivity contribution in [2.45, 2.75) is 38.9 Å². The molecule has 1 atom stereocenters. The van der Waals surface area contributed by atoms with Gasteiger partial charge in [0.25, 0.3) is 0 Å². The van der Waals surface area contributed by atoms with E-state index >= 15 is 0 Å². The third-order valence-electron chi connectivity index (χ3n) is 2.12. The summed E-state index contributed by atoms with van der Waals surface area (Å²) in [5.74, 6) is 0. The summed E-state index contributed by atoms with van der Waals surface area (Å²) in [5.41, 5.74) is 0.465. The molecule has 68 valence electrons. The molecular formula is C6H17O3PSi. The molecule has 0 aromatic rings. The summed E-state index contributed by atoms with van der Waals surface area (Å²) in [6.45, 7) is 8.18. The summed E-state index contributed by atoms with van der Waals surface area (Å²) in [6, 6.07) is 0. The molecule has 5 heteroatoms. The highest BCUT2D eigenvalue weighted by atomic mass is 31.2. The zero-order chi connectivity index (χ0) is 9.07. The van der Waals surface area contributed by atoms with Crippen LogP contribution in [-0.2, 0) is 4.21 Å². The molecule has 0 saturated heterocycles. The third-order valence-corrected chi connectivity index (χ3v) is 7.43. The van der Waals surface area contributed by atoms with E-state index < -0.39 is 16.9 Å². The number of hydrogen-bond acceptors (Lipinski definition) is 3. The maximum atomic E-state index is 8.67. The van der Waals surface area contributed by atoms with Crippen molar-refractivity contribution in [1.29, 1.82) is 0 Å². The van der Waals surface area contributed by atoms with E-state index in [0.717, 1.165) is 6.42 Å². The van der Waals surface area contributed by atoms with E-state index in [1.807, 2.05) is 13.1 Å². The standard InChI is InChI=1S/C6H17O3PSi/c1-5-6(2)11(3,4)9-10(7)8/h6-8H,5H2,1-4H3. The Morgan fingerprint density at radius 1 is 1.45 bits per heavy atom. The van der Waals surface area contributed by atoms with Crippen molar-refractivity contribution >= 4 is 16.9 Å². The Hall–Kier alpha value is 0.527. The first-order valence-corrected chi connectivity index (χ1v) is 7.92. The van der Waals surface area contributed by atoms with E-state index in [1.54, 1.807) is 0 Å². The van der Waals surface area contributed by atoms with Gasteiger partial charge in [0.15, 0.2) is 8.32 Å². The molecule has 11 heavy (non-hydrogen) atoms. The molecule has 2 N–H and O–H groups in total. The van der Waals surface area contributed by atoms with Gasteiger partial charge in [-0.1, -0.05) is 20.3 Å². The first-order chi connectivity index (χ1) is 4.90. The molecule has 0 bridgehead atoms. The predicted octanol–water partition coefficient (Wildman–Crippen LogP) is 2.22. The molecule has 0 aromatic heterocycles. The molecule has 0 saturated carbocycles. The van der Waals surface area contributed by atoms with Gasteiger partial charge in [0.1, 0.15) is 0 Å². The zero-order valence-corrected chi connectivity index (χ0v) is 9.43. The summed E-state index contributed by atoms with van der Waals surface area (Å²) in [7, 11) is -4.01. The van der Waals surface area contributed by atoms with Crippen molar-refractivity contribution in [1.82, 2.24) is 0 Å². The largest absolute Gasteiger partial charge is 0.354 e. The fourth-order valence-corrected chi connectivity index (χ4v) is 4.18. The van der Waals surface area contributed by atoms with E-state index in [2.05, 4.69) is 13.8 Å². The molecular weight excluding hydrogens is 179 g/mol. The molecule has 0 rings (SSSR count). The minimum atomic E-state index is -2.16. The van der Waals surface area contributed by atoms with Crippen LogP contribution in [0.1, 0.15) is 20.3 Å². The second kappa shape index (κ2) is 4.53. The lowest BCUT2D eigenvalue weighted by molar-refractivity contribution is 0.366. The minimum absolute atomic E-state index is 0.465. The smallest absolute Gasteiger partial charge is 0.316 e. The number of hydrogen-bond donors (Lipinski definition) is 2. The van der Waals surface area contributed by atoms with Gasteiger partial charge in [-0.25, -0.2) is 0 Å². The lowest BCUT2D eigenvalue weighted by Gasteiger charge is -2.28. The maximum Gasteiger partial charge on any atom is 0.316 e. The fourth-order valence-electron chi connectivity index (χ4n) is 0.792. The summed E-state index contributed by atoms with van der Waals surface area (Å²) >= 11 is 0. The molecule has 0 radical (unpaired) electrons. The Morgan fingerprint density at radius 3 is 2.18 bits per heavy atom. The van der Waals surface area contributed by atoms with E-state index in [-0.39, 0.29) is 0 Å². The minimum Gasteiger partial charge on any atom is -0.354 e. The molecule has 3 nitrogen and oxygen atoms in total. The molecule has 0 aliphatic heterocycles. The lowest BCUT2D eigenvalue weighted by atomic mass is 10.4. The summed E-state index contributed by atoms with van der Waals surface area (Å²) in [6.07, 6.45) is 1.03. The summed E-state index contributed by atoms with van der Waals surface area (Å²) in [5, 5.41) is 0. The van der Waals surface area contributed by atoms with Crippen LogP contribution in [0.3, 0.4) is 0 Å². The first-order valence-electron chi connectivity index (χ1n) is 3.77. The van der Waals surface area contributed by atoms with Crippen LogP contribution in [0.4, 0.5) is 0 Å². The van der Waals surface area contributed by atoms with Crippen molar-refractivity contribution in [3.8, 4) is 0 Å². The van der Waals surface area contributed by atoms with Crippen molar-refractivity contribution in [3.05, 3.63) is 0 Å².